The lowest BCUT2D eigenvalue weighted by molar-refractivity contribution is 0.0693. The molecule has 2 aromatic carbocycles. The summed E-state index contributed by atoms with van der Waals surface area (Å²) < 4.78 is 25.3. The molecule has 1 unspecified atom stereocenters. The second-order valence-electron chi connectivity index (χ2n) is 8.17. The Bertz CT molecular complexity index is 1260. The fraction of sp³-hybridized carbons (Fsp3) is 0.280. The highest BCUT2D eigenvalue weighted by atomic mass is 19.1. The molecule has 1 atom stereocenters. The summed E-state index contributed by atoms with van der Waals surface area (Å²) in [6, 6.07) is 14.4. The molecule has 0 bridgehead atoms. The summed E-state index contributed by atoms with van der Waals surface area (Å²) in [4.78, 5) is 22.3. The van der Waals surface area contributed by atoms with Gasteiger partial charge in [-0.25, -0.2) is 9.37 Å². The number of nitrogens with one attached hydrogen (secondary N) is 1. The van der Waals surface area contributed by atoms with Crippen LogP contribution in [0.4, 0.5) is 4.39 Å². The van der Waals surface area contributed by atoms with Crippen LogP contribution in [-0.2, 0) is 6.42 Å². The van der Waals surface area contributed by atoms with E-state index in [2.05, 4.69) is 9.97 Å². The van der Waals surface area contributed by atoms with E-state index in [0.717, 1.165) is 29.9 Å². The van der Waals surface area contributed by atoms with Crippen LogP contribution in [0.15, 0.2) is 59.1 Å². The van der Waals surface area contributed by atoms with Crippen molar-refractivity contribution in [1.29, 1.82) is 0 Å². The number of piperidine rings is 1. The van der Waals surface area contributed by atoms with Crippen molar-refractivity contribution in [2.75, 3.05) is 20.2 Å². The highest BCUT2D eigenvalue weighted by Gasteiger charge is 2.29. The maximum absolute atomic E-state index is 14.0. The molecule has 1 aliphatic rings. The summed E-state index contributed by atoms with van der Waals surface area (Å²) in [6.07, 6.45) is 4.15. The summed E-state index contributed by atoms with van der Waals surface area (Å²) in [7, 11) is 1.65. The van der Waals surface area contributed by atoms with Crippen LogP contribution in [0.2, 0.25) is 0 Å². The first kappa shape index (κ1) is 20.3. The molecule has 32 heavy (non-hydrogen) atoms. The van der Waals surface area contributed by atoms with Gasteiger partial charge in [-0.2, -0.15) is 0 Å². The smallest absolute Gasteiger partial charge is 0.270 e. The zero-order valence-corrected chi connectivity index (χ0v) is 17.8. The van der Waals surface area contributed by atoms with Gasteiger partial charge < -0.3 is 19.0 Å². The van der Waals surface area contributed by atoms with Gasteiger partial charge in [0.25, 0.3) is 5.91 Å². The van der Waals surface area contributed by atoms with E-state index in [0.29, 0.717) is 42.0 Å². The first-order chi connectivity index (χ1) is 15.6. The highest BCUT2D eigenvalue weighted by Crippen LogP contribution is 2.29. The fourth-order valence-electron chi connectivity index (χ4n) is 4.34. The summed E-state index contributed by atoms with van der Waals surface area (Å²) in [5.74, 6) is 1.79. The normalized spacial score (nSPS) is 16.4. The van der Waals surface area contributed by atoms with Crippen molar-refractivity contribution in [3.05, 3.63) is 83.5 Å². The second-order valence-corrected chi connectivity index (χ2v) is 8.17. The standard InChI is InChI=1S/C25H24FN3O3/c1-31-19-8-2-5-16(11-19)12-20-14-27-24(32-20)18-7-4-10-29(15-18)25(30)22-13-17-6-3-9-21(26)23(17)28-22/h2-3,5-6,8-9,11,13-14,18,28H,4,7,10,12,15H2,1H3. The molecular weight excluding hydrogens is 409 g/mol. The number of hydrogen-bond donors (Lipinski definition) is 1. The van der Waals surface area contributed by atoms with Crippen molar-refractivity contribution in [3.63, 3.8) is 0 Å². The van der Waals surface area contributed by atoms with Crippen molar-refractivity contribution < 1.29 is 18.3 Å². The van der Waals surface area contributed by atoms with E-state index in [4.69, 9.17) is 9.15 Å². The van der Waals surface area contributed by atoms with Crippen molar-refractivity contribution in [3.8, 4) is 5.75 Å². The van der Waals surface area contributed by atoms with Crippen LogP contribution in [0, 0.1) is 5.82 Å². The molecule has 3 heterocycles. The number of nitrogens with zero attached hydrogens (tertiary/aromatic N) is 2. The quantitative estimate of drug-likeness (QED) is 0.485. The molecule has 0 saturated carbocycles. The highest BCUT2D eigenvalue weighted by molar-refractivity contribution is 5.98. The lowest BCUT2D eigenvalue weighted by atomic mass is 9.97. The van der Waals surface area contributed by atoms with Crippen LogP contribution >= 0.6 is 0 Å². The number of aromatic amines is 1. The van der Waals surface area contributed by atoms with Crippen LogP contribution in [0.5, 0.6) is 5.75 Å². The molecule has 2 aromatic heterocycles. The van der Waals surface area contributed by atoms with Crippen molar-refractivity contribution in [2.24, 2.45) is 0 Å². The number of carbonyl (C=O) groups is 1. The van der Waals surface area contributed by atoms with Crippen LogP contribution in [0.25, 0.3) is 10.9 Å². The van der Waals surface area contributed by atoms with Gasteiger partial charge in [-0.3, -0.25) is 4.79 Å². The van der Waals surface area contributed by atoms with E-state index in [1.54, 1.807) is 36.4 Å². The predicted molar refractivity (Wildman–Crippen MR) is 118 cm³/mol. The number of ether oxygens (including phenoxy) is 1. The van der Waals surface area contributed by atoms with Gasteiger partial charge >= 0.3 is 0 Å². The van der Waals surface area contributed by atoms with Gasteiger partial charge in [-0.05, 0) is 42.7 Å². The Morgan fingerprint density at radius 2 is 2.16 bits per heavy atom. The number of para-hydroxylation sites is 1. The molecule has 6 nitrogen and oxygen atoms in total. The Balaban J connectivity index is 1.29. The molecule has 5 rings (SSSR count). The van der Waals surface area contributed by atoms with Gasteiger partial charge in [0, 0.05) is 24.9 Å². The zero-order chi connectivity index (χ0) is 22.1. The summed E-state index contributed by atoms with van der Waals surface area (Å²) >= 11 is 0. The summed E-state index contributed by atoms with van der Waals surface area (Å²) in [5.41, 5.74) is 1.84. The lowest BCUT2D eigenvalue weighted by Crippen LogP contribution is -2.39. The zero-order valence-electron chi connectivity index (χ0n) is 17.8. The second kappa shape index (κ2) is 8.49. The number of hydrogen-bond acceptors (Lipinski definition) is 4. The fourth-order valence-corrected chi connectivity index (χ4v) is 4.34. The number of halogens is 1. The van der Waals surface area contributed by atoms with E-state index in [1.165, 1.54) is 6.07 Å². The average Bonchev–Trinajstić information content (AvgIpc) is 3.47. The molecule has 0 aliphatic carbocycles. The molecule has 0 spiro atoms. The maximum atomic E-state index is 14.0. The van der Waals surface area contributed by atoms with E-state index in [1.807, 2.05) is 24.3 Å². The minimum Gasteiger partial charge on any atom is -0.497 e. The van der Waals surface area contributed by atoms with Gasteiger partial charge in [0.05, 0.1) is 24.7 Å². The summed E-state index contributed by atoms with van der Waals surface area (Å²) in [6.45, 7) is 1.18. The number of likely N-dealkylation sites (tertiary alicyclic amines) is 1. The molecule has 7 heteroatoms. The number of methoxy groups -OCH3 is 1. The Morgan fingerprint density at radius 3 is 3.00 bits per heavy atom. The van der Waals surface area contributed by atoms with Crippen LogP contribution < -0.4 is 4.74 Å². The van der Waals surface area contributed by atoms with Crippen LogP contribution in [0.1, 0.15) is 46.5 Å². The molecule has 1 fully saturated rings. The number of rotatable bonds is 5. The average molecular weight is 433 g/mol. The van der Waals surface area contributed by atoms with Crippen LogP contribution in [0.3, 0.4) is 0 Å². The van der Waals surface area contributed by atoms with Crippen molar-refractivity contribution in [1.82, 2.24) is 14.9 Å². The van der Waals surface area contributed by atoms with E-state index in [9.17, 15) is 9.18 Å². The van der Waals surface area contributed by atoms with Gasteiger partial charge in [0.1, 0.15) is 23.0 Å². The predicted octanol–water partition coefficient (Wildman–Crippen LogP) is 4.91. The number of oxazole rings is 1. The SMILES string of the molecule is COc1cccc(Cc2cnc(C3CCCN(C(=O)c4cc5cccc(F)c5[nH]4)C3)o2)c1. The van der Waals surface area contributed by atoms with E-state index in [-0.39, 0.29) is 17.6 Å². The molecule has 164 valence electrons. The lowest BCUT2D eigenvalue weighted by Gasteiger charge is -2.31. The molecule has 1 amide bonds. The minimum atomic E-state index is -0.360. The monoisotopic (exact) mass is 433 g/mol. The molecule has 1 N–H and O–H groups in total. The minimum absolute atomic E-state index is 0.0351. The topological polar surface area (TPSA) is 71.4 Å². The Morgan fingerprint density at radius 1 is 1.28 bits per heavy atom. The summed E-state index contributed by atoms with van der Waals surface area (Å²) in [5, 5.41) is 0.691. The van der Waals surface area contributed by atoms with Crippen LogP contribution in [-0.4, -0.2) is 41.0 Å². The Kier molecular flexibility index (Phi) is 5.39. The molecule has 1 aliphatic heterocycles. The molecule has 0 radical (unpaired) electrons. The molecule has 4 aromatic rings. The van der Waals surface area contributed by atoms with Crippen molar-refractivity contribution in [2.45, 2.75) is 25.2 Å². The van der Waals surface area contributed by atoms with E-state index < -0.39 is 0 Å². The third-order valence-electron chi connectivity index (χ3n) is 5.98. The Hall–Kier alpha value is -3.61. The third kappa shape index (κ3) is 3.98. The van der Waals surface area contributed by atoms with Gasteiger partial charge in [-0.15, -0.1) is 0 Å². The molecular formula is C25H24FN3O3. The third-order valence-corrected chi connectivity index (χ3v) is 5.98. The van der Waals surface area contributed by atoms with Gasteiger partial charge in [0.2, 0.25) is 0 Å². The number of amides is 1. The maximum Gasteiger partial charge on any atom is 0.270 e. The number of fused-ring (bicyclic) bond motifs is 1. The number of H-pyrrole nitrogens is 1. The van der Waals surface area contributed by atoms with E-state index >= 15 is 0 Å². The number of benzene rings is 2. The van der Waals surface area contributed by atoms with Gasteiger partial charge in [-0.1, -0.05) is 24.3 Å². The number of carbonyl (C=O) groups excluding carboxylic acids is 1. The van der Waals surface area contributed by atoms with Gasteiger partial charge in [0.15, 0.2) is 5.89 Å². The number of aromatic nitrogens is 2. The molecule has 1 saturated heterocycles. The largest absolute Gasteiger partial charge is 0.497 e. The first-order valence-corrected chi connectivity index (χ1v) is 10.7. The first-order valence-electron chi connectivity index (χ1n) is 10.7. The Labute approximate surface area is 185 Å². The van der Waals surface area contributed by atoms with Crippen molar-refractivity contribution >= 4 is 16.8 Å².